The van der Waals surface area contributed by atoms with E-state index in [9.17, 15) is 10.0 Å². The van der Waals surface area contributed by atoms with Crippen molar-refractivity contribution in [3.05, 3.63) is 23.4 Å². The van der Waals surface area contributed by atoms with E-state index in [1.165, 1.54) is 6.20 Å². The van der Waals surface area contributed by atoms with Gasteiger partial charge in [-0.2, -0.15) is 4.98 Å². The Morgan fingerprint density at radius 1 is 1.45 bits per heavy atom. The van der Waals surface area contributed by atoms with Crippen molar-refractivity contribution in [2.24, 2.45) is 5.92 Å². The Morgan fingerprint density at radius 3 is 2.95 bits per heavy atom. The van der Waals surface area contributed by atoms with Crippen molar-refractivity contribution in [1.82, 2.24) is 19.9 Å². The molecule has 116 valence electrons. The first-order valence-corrected chi connectivity index (χ1v) is 7.06. The van der Waals surface area contributed by atoms with E-state index in [2.05, 4.69) is 15.1 Å². The van der Waals surface area contributed by atoms with E-state index in [0.29, 0.717) is 28.1 Å². The molecule has 0 aliphatic heterocycles. The zero-order valence-electron chi connectivity index (χ0n) is 11.5. The molecule has 0 bridgehead atoms. The molecule has 1 aliphatic carbocycles. The molecule has 0 aromatic carbocycles. The maximum atomic E-state index is 11.4. The first-order chi connectivity index (χ1) is 10.6. The summed E-state index contributed by atoms with van der Waals surface area (Å²) in [6, 6.07) is 3.04. The fourth-order valence-electron chi connectivity index (χ4n) is 1.68. The third kappa shape index (κ3) is 3.64. The Balaban J connectivity index is 1.59. The van der Waals surface area contributed by atoms with Crippen LogP contribution < -0.4 is 4.74 Å². The van der Waals surface area contributed by atoms with Gasteiger partial charge in [-0.25, -0.2) is 4.79 Å². The summed E-state index contributed by atoms with van der Waals surface area (Å²) in [5.74, 6) is 0.0756. The molecule has 3 rings (SSSR count). The van der Waals surface area contributed by atoms with Crippen LogP contribution in [0, 0.1) is 5.92 Å². The predicted molar refractivity (Wildman–Crippen MR) is 74.6 cm³/mol. The Hall–Kier alpha value is -2.35. The molecule has 22 heavy (non-hydrogen) atoms. The summed E-state index contributed by atoms with van der Waals surface area (Å²) in [6.07, 6.45) is 3.62. The molecule has 0 atom stereocenters. The monoisotopic (exact) mass is 324 g/mol. The van der Waals surface area contributed by atoms with E-state index in [1.807, 2.05) is 0 Å². The summed E-state index contributed by atoms with van der Waals surface area (Å²) < 4.78 is 10.1. The fraction of sp³-hybridized carbons (Fsp3) is 0.385. The number of ether oxygens (including phenoxy) is 2. The third-order valence-corrected chi connectivity index (χ3v) is 3.25. The highest BCUT2D eigenvalue weighted by molar-refractivity contribution is 6.30. The molecule has 0 unspecified atom stereocenters. The smallest absolute Gasteiger partial charge is 0.344 e. The van der Waals surface area contributed by atoms with E-state index in [-0.39, 0.29) is 18.4 Å². The number of hydrogen-bond acceptors (Lipinski definition) is 7. The van der Waals surface area contributed by atoms with Gasteiger partial charge < -0.3 is 14.7 Å². The predicted octanol–water partition coefficient (Wildman–Crippen LogP) is 1.56. The largest absolute Gasteiger partial charge is 0.463 e. The minimum atomic E-state index is -0.493. The number of nitrogens with zero attached hydrogens (tertiary/aromatic N) is 4. The number of rotatable bonds is 6. The van der Waals surface area contributed by atoms with Crippen LogP contribution in [0.25, 0.3) is 11.5 Å². The molecule has 1 aliphatic rings. The van der Waals surface area contributed by atoms with Crippen molar-refractivity contribution in [1.29, 1.82) is 0 Å². The number of halogens is 1. The van der Waals surface area contributed by atoms with Crippen LogP contribution in [-0.2, 0) is 9.53 Å². The molecule has 1 saturated carbocycles. The van der Waals surface area contributed by atoms with Crippen molar-refractivity contribution in [2.75, 3.05) is 13.2 Å². The highest BCUT2D eigenvalue weighted by Gasteiger charge is 2.23. The lowest BCUT2D eigenvalue weighted by molar-refractivity contribution is -0.146. The third-order valence-electron chi connectivity index (χ3n) is 3.02. The molecule has 0 spiro atoms. The molecular weight excluding hydrogens is 312 g/mol. The lowest BCUT2D eigenvalue weighted by Gasteiger charge is -2.02. The molecule has 2 aromatic heterocycles. The Kier molecular flexibility index (Phi) is 4.10. The zero-order chi connectivity index (χ0) is 15.5. The van der Waals surface area contributed by atoms with Gasteiger partial charge in [0.15, 0.2) is 6.61 Å². The maximum Gasteiger partial charge on any atom is 0.344 e. The van der Waals surface area contributed by atoms with Crippen LogP contribution in [0.15, 0.2) is 18.3 Å². The Morgan fingerprint density at radius 2 is 2.27 bits per heavy atom. The number of carbonyl (C=O) groups is 1. The molecule has 0 amide bonds. The highest BCUT2D eigenvalue weighted by atomic mass is 35.5. The first-order valence-electron chi connectivity index (χ1n) is 6.68. The van der Waals surface area contributed by atoms with Crippen LogP contribution in [0.5, 0.6) is 6.01 Å². The average molecular weight is 325 g/mol. The second kappa shape index (κ2) is 6.18. The van der Waals surface area contributed by atoms with E-state index in [1.54, 1.807) is 12.1 Å². The van der Waals surface area contributed by atoms with Crippen LogP contribution in [-0.4, -0.2) is 44.3 Å². The van der Waals surface area contributed by atoms with Crippen LogP contribution in [0.4, 0.5) is 0 Å². The van der Waals surface area contributed by atoms with Gasteiger partial charge in [0, 0.05) is 6.20 Å². The van der Waals surface area contributed by atoms with Gasteiger partial charge >= 0.3 is 12.0 Å². The van der Waals surface area contributed by atoms with Crippen molar-refractivity contribution in [2.45, 2.75) is 12.8 Å². The maximum absolute atomic E-state index is 11.4. The van der Waals surface area contributed by atoms with Gasteiger partial charge in [0.2, 0.25) is 5.82 Å². The molecule has 1 fully saturated rings. The second-order valence-electron chi connectivity index (χ2n) is 4.88. The van der Waals surface area contributed by atoms with Crippen LogP contribution >= 0.6 is 11.6 Å². The molecule has 8 nitrogen and oxygen atoms in total. The fourth-order valence-corrected chi connectivity index (χ4v) is 1.79. The van der Waals surface area contributed by atoms with Gasteiger partial charge in [-0.3, -0.25) is 4.98 Å². The number of carbonyl (C=O) groups excluding carboxylic acids is 1. The van der Waals surface area contributed by atoms with Gasteiger partial charge in [-0.05, 0) is 30.9 Å². The van der Waals surface area contributed by atoms with Gasteiger partial charge in [0.05, 0.1) is 11.6 Å². The summed E-state index contributed by atoms with van der Waals surface area (Å²) in [5, 5.41) is 13.8. The quantitative estimate of drug-likeness (QED) is 0.635. The van der Waals surface area contributed by atoms with Crippen LogP contribution in [0.1, 0.15) is 12.8 Å². The second-order valence-corrected chi connectivity index (χ2v) is 5.32. The van der Waals surface area contributed by atoms with E-state index in [4.69, 9.17) is 21.1 Å². The van der Waals surface area contributed by atoms with Crippen LogP contribution in [0.2, 0.25) is 5.02 Å². The minimum Gasteiger partial charge on any atom is -0.463 e. The standard InChI is InChI=1S/C13H13ClN4O4/c14-9-3-4-10(15-5-9)12-16-13(17-18(12)20)22-7-11(19)21-6-8-1-2-8/h3-5,8,20H,1-2,6-7H2. The lowest BCUT2D eigenvalue weighted by Crippen LogP contribution is -2.16. The first kappa shape index (κ1) is 14.6. The number of pyridine rings is 1. The van der Waals surface area contributed by atoms with E-state index >= 15 is 0 Å². The molecular formula is C13H13ClN4O4. The summed E-state index contributed by atoms with van der Waals surface area (Å²) >= 11 is 5.74. The normalized spacial score (nSPS) is 13.9. The van der Waals surface area contributed by atoms with Crippen molar-refractivity contribution >= 4 is 17.6 Å². The highest BCUT2D eigenvalue weighted by Crippen LogP contribution is 2.28. The number of hydrogen-bond donors (Lipinski definition) is 1. The molecule has 2 aromatic rings. The van der Waals surface area contributed by atoms with Gasteiger partial charge in [-0.15, -0.1) is 0 Å². The molecule has 0 radical (unpaired) electrons. The molecule has 9 heteroatoms. The summed E-state index contributed by atoms with van der Waals surface area (Å²) in [4.78, 5) is 19.9. The van der Waals surface area contributed by atoms with Crippen molar-refractivity contribution < 1.29 is 19.5 Å². The lowest BCUT2D eigenvalue weighted by atomic mass is 10.3. The molecule has 2 heterocycles. The SMILES string of the molecule is O=C(COc1nc(-c2ccc(Cl)cn2)n(O)n1)OCC1CC1. The summed E-state index contributed by atoms with van der Waals surface area (Å²) in [7, 11) is 0. The van der Waals surface area contributed by atoms with Gasteiger partial charge in [0.1, 0.15) is 5.69 Å². The Bertz CT molecular complexity index is 669. The average Bonchev–Trinajstić information content (AvgIpc) is 3.26. The van der Waals surface area contributed by atoms with Gasteiger partial charge in [0.25, 0.3) is 0 Å². The molecule has 0 saturated heterocycles. The number of aromatic nitrogens is 4. The Labute approximate surface area is 130 Å². The van der Waals surface area contributed by atoms with Crippen molar-refractivity contribution in [3.8, 4) is 17.5 Å². The summed E-state index contributed by atoms with van der Waals surface area (Å²) in [5.41, 5.74) is 0.366. The molecule has 1 N–H and O–H groups in total. The number of esters is 1. The summed E-state index contributed by atoms with van der Waals surface area (Å²) in [6.45, 7) is 0.105. The van der Waals surface area contributed by atoms with E-state index in [0.717, 1.165) is 12.8 Å². The minimum absolute atomic E-state index is 0.0815. The topological polar surface area (TPSA) is 99.4 Å². The van der Waals surface area contributed by atoms with Crippen molar-refractivity contribution in [3.63, 3.8) is 0 Å². The van der Waals surface area contributed by atoms with E-state index < -0.39 is 5.97 Å². The van der Waals surface area contributed by atoms with Crippen LogP contribution in [0.3, 0.4) is 0 Å². The van der Waals surface area contributed by atoms with Gasteiger partial charge in [-0.1, -0.05) is 21.5 Å². The zero-order valence-corrected chi connectivity index (χ0v) is 12.2.